The maximum atomic E-state index is 12.6. The second-order valence-corrected chi connectivity index (χ2v) is 6.31. The second-order valence-electron chi connectivity index (χ2n) is 6.31. The van der Waals surface area contributed by atoms with Gasteiger partial charge in [0.1, 0.15) is 5.82 Å². The van der Waals surface area contributed by atoms with Crippen molar-refractivity contribution in [2.24, 2.45) is 0 Å². The Morgan fingerprint density at radius 1 is 1.19 bits per heavy atom. The van der Waals surface area contributed by atoms with Gasteiger partial charge >= 0.3 is 0 Å². The number of hydrogen-bond acceptors (Lipinski definition) is 5. The Kier molecular flexibility index (Phi) is 4.30. The number of rotatable bonds is 3. The van der Waals surface area contributed by atoms with Crippen molar-refractivity contribution in [2.75, 3.05) is 6.54 Å². The average Bonchev–Trinajstić information content (AvgIpc) is 2.69. The summed E-state index contributed by atoms with van der Waals surface area (Å²) in [5.41, 5.74) is 3.98. The fourth-order valence-electron chi connectivity index (χ4n) is 3.27. The van der Waals surface area contributed by atoms with Crippen molar-refractivity contribution in [1.29, 1.82) is 5.26 Å². The predicted octanol–water partition coefficient (Wildman–Crippen LogP) is 2.26. The van der Waals surface area contributed by atoms with E-state index in [4.69, 9.17) is 0 Å². The molecule has 4 rings (SSSR count). The van der Waals surface area contributed by atoms with Crippen molar-refractivity contribution in [3.63, 3.8) is 0 Å². The average molecular weight is 343 g/mol. The van der Waals surface area contributed by atoms with Gasteiger partial charge in [-0.3, -0.25) is 14.7 Å². The predicted molar refractivity (Wildman–Crippen MR) is 97.1 cm³/mol. The number of fused-ring (bicyclic) bond motifs is 1. The number of H-pyrrole nitrogens is 1. The van der Waals surface area contributed by atoms with E-state index >= 15 is 0 Å². The third-order valence-corrected chi connectivity index (χ3v) is 4.63. The summed E-state index contributed by atoms with van der Waals surface area (Å²) in [6.45, 7) is 1.99. The molecular weight excluding hydrogens is 326 g/mol. The van der Waals surface area contributed by atoms with Gasteiger partial charge in [0, 0.05) is 44.0 Å². The van der Waals surface area contributed by atoms with Gasteiger partial charge in [-0.25, -0.2) is 4.98 Å². The highest BCUT2D eigenvalue weighted by molar-refractivity contribution is 5.54. The molecule has 6 nitrogen and oxygen atoms in total. The van der Waals surface area contributed by atoms with Crippen molar-refractivity contribution in [3.05, 3.63) is 81.5 Å². The van der Waals surface area contributed by atoms with E-state index in [1.54, 1.807) is 12.4 Å². The highest BCUT2D eigenvalue weighted by Gasteiger charge is 2.22. The van der Waals surface area contributed by atoms with Crippen LogP contribution >= 0.6 is 0 Å². The molecule has 0 atom stereocenters. The number of nitriles is 1. The summed E-state index contributed by atoms with van der Waals surface area (Å²) in [6, 6.07) is 13.5. The van der Waals surface area contributed by atoms with E-state index in [1.165, 1.54) is 0 Å². The zero-order valence-electron chi connectivity index (χ0n) is 14.1. The molecule has 0 amide bonds. The number of pyridine rings is 1. The Labute approximate surface area is 150 Å². The van der Waals surface area contributed by atoms with Gasteiger partial charge in [0.2, 0.25) is 0 Å². The summed E-state index contributed by atoms with van der Waals surface area (Å²) >= 11 is 0. The van der Waals surface area contributed by atoms with E-state index in [0.717, 1.165) is 23.4 Å². The van der Waals surface area contributed by atoms with Crippen LogP contribution in [0, 0.1) is 11.3 Å². The number of nitrogens with one attached hydrogen (secondary N) is 1. The van der Waals surface area contributed by atoms with Gasteiger partial charge in [-0.15, -0.1) is 0 Å². The molecule has 2 aromatic heterocycles. The highest BCUT2D eigenvalue weighted by atomic mass is 16.1. The molecule has 3 aromatic rings. The summed E-state index contributed by atoms with van der Waals surface area (Å²) in [6.07, 6.45) is 4.08. The third-order valence-electron chi connectivity index (χ3n) is 4.63. The summed E-state index contributed by atoms with van der Waals surface area (Å²) in [5.74, 6) is 0.583. The minimum atomic E-state index is -0.0971. The van der Waals surface area contributed by atoms with E-state index in [1.807, 2.05) is 36.4 Å². The normalized spacial score (nSPS) is 13.8. The molecule has 0 saturated heterocycles. The van der Waals surface area contributed by atoms with E-state index in [0.29, 0.717) is 36.5 Å². The molecule has 1 aliphatic heterocycles. The number of aromatic nitrogens is 3. The van der Waals surface area contributed by atoms with Crippen LogP contribution in [0.1, 0.15) is 22.4 Å². The van der Waals surface area contributed by atoms with Crippen molar-refractivity contribution in [1.82, 2.24) is 19.9 Å². The van der Waals surface area contributed by atoms with Gasteiger partial charge in [0.05, 0.1) is 22.9 Å². The zero-order chi connectivity index (χ0) is 17.9. The number of benzene rings is 1. The molecule has 3 heterocycles. The summed E-state index contributed by atoms with van der Waals surface area (Å²) in [4.78, 5) is 26.3. The molecule has 0 bridgehead atoms. The lowest BCUT2D eigenvalue weighted by Crippen LogP contribution is -2.35. The van der Waals surface area contributed by atoms with Crippen LogP contribution in [0.4, 0.5) is 0 Å². The molecular formula is C20H17N5O. The van der Waals surface area contributed by atoms with E-state index in [2.05, 4.69) is 25.9 Å². The van der Waals surface area contributed by atoms with Crippen LogP contribution in [0.25, 0.3) is 11.4 Å². The van der Waals surface area contributed by atoms with Gasteiger partial charge in [0.25, 0.3) is 5.56 Å². The van der Waals surface area contributed by atoms with Gasteiger partial charge in [-0.2, -0.15) is 5.26 Å². The highest BCUT2D eigenvalue weighted by Crippen LogP contribution is 2.20. The minimum Gasteiger partial charge on any atom is -0.306 e. The van der Waals surface area contributed by atoms with Crippen molar-refractivity contribution >= 4 is 0 Å². The first-order valence-electron chi connectivity index (χ1n) is 8.47. The fourth-order valence-corrected chi connectivity index (χ4v) is 3.27. The van der Waals surface area contributed by atoms with Crippen LogP contribution in [-0.2, 0) is 19.5 Å². The summed E-state index contributed by atoms with van der Waals surface area (Å²) in [7, 11) is 0. The maximum absolute atomic E-state index is 12.6. The van der Waals surface area contributed by atoms with Crippen LogP contribution in [0.5, 0.6) is 0 Å². The van der Waals surface area contributed by atoms with Crippen LogP contribution in [0.3, 0.4) is 0 Å². The monoisotopic (exact) mass is 343 g/mol. The van der Waals surface area contributed by atoms with Crippen molar-refractivity contribution < 1.29 is 0 Å². The Morgan fingerprint density at radius 2 is 2.00 bits per heavy atom. The molecule has 1 aromatic carbocycles. The van der Waals surface area contributed by atoms with E-state index in [9.17, 15) is 10.1 Å². The molecule has 0 radical (unpaired) electrons. The molecule has 128 valence electrons. The molecule has 1 N–H and O–H groups in total. The summed E-state index contributed by atoms with van der Waals surface area (Å²) in [5, 5.41) is 9.25. The maximum Gasteiger partial charge on any atom is 0.255 e. The summed E-state index contributed by atoms with van der Waals surface area (Å²) < 4.78 is 0. The van der Waals surface area contributed by atoms with Crippen LogP contribution in [0.15, 0.2) is 53.6 Å². The lowest BCUT2D eigenvalue weighted by atomic mass is 10.0. The molecule has 0 unspecified atom stereocenters. The second kappa shape index (κ2) is 6.90. The Balaban J connectivity index is 1.60. The first-order valence-corrected chi connectivity index (χ1v) is 8.47. The van der Waals surface area contributed by atoms with E-state index in [-0.39, 0.29) is 5.56 Å². The third kappa shape index (κ3) is 3.13. The first kappa shape index (κ1) is 16.2. The molecule has 0 saturated carbocycles. The smallest absolute Gasteiger partial charge is 0.255 e. The minimum absolute atomic E-state index is 0.0971. The molecule has 6 heteroatoms. The molecule has 0 fully saturated rings. The van der Waals surface area contributed by atoms with Crippen LogP contribution in [0.2, 0.25) is 0 Å². The topological polar surface area (TPSA) is 85.7 Å². The lowest BCUT2D eigenvalue weighted by molar-refractivity contribution is 0.241. The molecule has 26 heavy (non-hydrogen) atoms. The van der Waals surface area contributed by atoms with Gasteiger partial charge < -0.3 is 4.98 Å². The first-order chi connectivity index (χ1) is 12.7. The van der Waals surface area contributed by atoms with Gasteiger partial charge in [0.15, 0.2) is 0 Å². The lowest BCUT2D eigenvalue weighted by Gasteiger charge is -2.28. The fraction of sp³-hybridized carbons (Fsp3) is 0.200. The van der Waals surface area contributed by atoms with Crippen molar-refractivity contribution in [3.8, 4) is 17.5 Å². The zero-order valence-corrected chi connectivity index (χ0v) is 14.1. The van der Waals surface area contributed by atoms with Crippen LogP contribution < -0.4 is 5.56 Å². The quantitative estimate of drug-likeness (QED) is 0.788. The standard InChI is InChI=1S/C20H17N5O/c21-11-15-3-1-2-4-16(15)12-25-10-7-18-17(13-25)20(26)24-19(23-18)14-5-8-22-9-6-14/h1-6,8-9H,7,10,12-13H2,(H,23,24,26). The largest absolute Gasteiger partial charge is 0.306 e. The molecule has 0 spiro atoms. The Morgan fingerprint density at radius 3 is 2.81 bits per heavy atom. The van der Waals surface area contributed by atoms with Gasteiger partial charge in [-0.1, -0.05) is 18.2 Å². The van der Waals surface area contributed by atoms with Crippen LogP contribution in [-0.4, -0.2) is 26.4 Å². The Hall–Kier alpha value is -3.30. The Bertz CT molecular complexity index is 1040. The van der Waals surface area contributed by atoms with Gasteiger partial charge in [-0.05, 0) is 23.8 Å². The van der Waals surface area contributed by atoms with Crippen molar-refractivity contribution in [2.45, 2.75) is 19.5 Å². The SMILES string of the molecule is N#Cc1ccccc1CN1CCc2nc(-c3ccncc3)[nH]c(=O)c2C1. The number of hydrogen-bond donors (Lipinski definition) is 1. The number of aromatic amines is 1. The van der Waals surface area contributed by atoms with E-state index < -0.39 is 0 Å². The molecule has 1 aliphatic rings. The number of nitrogens with zero attached hydrogens (tertiary/aromatic N) is 4. The molecule has 0 aliphatic carbocycles.